The summed E-state index contributed by atoms with van der Waals surface area (Å²) >= 11 is 1.30. The van der Waals surface area contributed by atoms with Gasteiger partial charge in [0, 0.05) is 24.4 Å². The molecule has 3 aromatic rings. The molecule has 1 aliphatic heterocycles. The molecule has 6 nitrogen and oxygen atoms in total. The number of amides is 1. The maximum Gasteiger partial charge on any atom is 0.416 e. The summed E-state index contributed by atoms with van der Waals surface area (Å²) in [6, 6.07) is 12.9. The maximum atomic E-state index is 13.2. The number of carbonyl (C=O) groups excluding carboxylic acids is 1. The highest BCUT2D eigenvalue weighted by Gasteiger charge is 2.32. The second kappa shape index (κ2) is 10.3. The Morgan fingerprint density at radius 2 is 1.88 bits per heavy atom. The van der Waals surface area contributed by atoms with Gasteiger partial charge in [-0.1, -0.05) is 18.2 Å². The summed E-state index contributed by atoms with van der Waals surface area (Å²) in [5.74, 6) is 0.602. The van der Waals surface area contributed by atoms with Crippen LogP contribution in [0.25, 0.3) is 11.5 Å². The van der Waals surface area contributed by atoms with Gasteiger partial charge in [0.2, 0.25) is 11.8 Å². The van der Waals surface area contributed by atoms with E-state index in [1.54, 1.807) is 0 Å². The van der Waals surface area contributed by atoms with Gasteiger partial charge in [-0.15, -0.1) is 11.8 Å². The molecule has 2 heterocycles. The van der Waals surface area contributed by atoms with Crippen molar-refractivity contribution in [1.29, 1.82) is 0 Å². The van der Waals surface area contributed by atoms with Crippen molar-refractivity contribution < 1.29 is 27.1 Å². The zero-order valence-corrected chi connectivity index (χ0v) is 18.4. The third-order valence-corrected chi connectivity index (χ3v) is 5.97. The van der Waals surface area contributed by atoms with Crippen molar-refractivity contribution in [2.24, 2.45) is 0 Å². The Kier molecular flexibility index (Phi) is 7.24. The monoisotopic (exact) mass is 477 g/mol. The van der Waals surface area contributed by atoms with E-state index in [4.69, 9.17) is 9.15 Å². The Labute approximate surface area is 193 Å². The Morgan fingerprint density at radius 3 is 2.61 bits per heavy atom. The molecule has 0 aliphatic carbocycles. The topological polar surface area (TPSA) is 67.6 Å². The van der Waals surface area contributed by atoms with E-state index in [0.717, 1.165) is 17.7 Å². The largest absolute Gasteiger partial charge is 0.444 e. The second-order valence-corrected chi connectivity index (χ2v) is 8.37. The molecule has 1 aliphatic rings. The van der Waals surface area contributed by atoms with Crippen LogP contribution in [0.2, 0.25) is 0 Å². The minimum atomic E-state index is -4.50. The number of ether oxygens (including phenoxy) is 1. The Hall–Kier alpha value is -2.98. The molecule has 1 aromatic heterocycles. The summed E-state index contributed by atoms with van der Waals surface area (Å²) in [6.45, 7) is 2.04. The number of rotatable bonds is 7. The van der Waals surface area contributed by atoms with Crippen LogP contribution < -0.4 is 10.2 Å². The summed E-state index contributed by atoms with van der Waals surface area (Å²) in [4.78, 5) is 18.8. The fourth-order valence-electron chi connectivity index (χ4n) is 3.41. The number of anilines is 2. The summed E-state index contributed by atoms with van der Waals surface area (Å²) in [7, 11) is 0. The number of nitrogens with one attached hydrogen (secondary N) is 1. The first-order valence-electron chi connectivity index (χ1n) is 10.3. The molecular weight excluding hydrogens is 455 g/mol. The number of benzene rings is 2. The van der Waals surface area contributed by atoms with Crippen LogP contribution in [0.3, 0.4) is 0 Å². The minimum absolute atomic E-state index is 0.0618. The molecule has 1 saturated heterocycles. The lowest BCUT2D eigenvalue weighted by molar-refractivity contribution is -0.137. The van der Waals surface area contributed by atoms with E-state index in [0.29, 0.717) is 49.3 Å². The molecule has 1 amide bonds. The standard InChI is InChI=1S/C23H22F3N3O3S/c24-23(25,26)17-6-7-20(29-8-10-31-11-9-29)19(12-17)28-21(30)15-33-14-18-13-32-22(27-18)16-4-2-1-3-5-16/h1-7,12-13H,8-11,14-15H2,(H,28,30). The van der Waals surface area contributed by atoms with Crippen molar-refractivity contribution in [3.8, 4) is 11.5 Å². The maximum absolute atomic E-state index is 13.2. The highest BCUT2D eigenvalue weighted by atomic mass is 32.2. The first kappa shape index (κ1) is 23.2. The van der Waals surface area contributed by atoms with Crippen molar-refractivity contribution in [2.75, 3.05) is 42.3 Å². The van der Waals surface area contributed by atoms with Crippen molar-refractivity contribution in [3.05, 3.63) is 66.1 Å². The van der Waals surface area contributed by atoms with Gasteiger partial charge in [-0.2, -0.15) is 13.2 Å². The van der Waals surface area contributed by atoms with Gasteiger partial charge in [0.1, 0.15) is 6.26 Å². The fourth-order valence-corrected chi connectivity index (χ4v) is 4.12. The number of nitrogens with zero attached hydrogens (tertiary/aromatic N) is 2. The average Bonchev–Trinajstić information content (AvgIpc) is 3.28. The van der Waals surface area contributed by atoms with Crippen LogP contribution in [0.4, 0.5) is 24.5 Å². The molecule has 33 heavy (non-hydrogen) atoms. The number of aromatic nitrogens is 1. The molecule has 2 aromatic carbocycles. The predicted molar refractivity (Wildman–Crippen MR) is 121 cm³/mol. The van der Waals surface area contributed by atoms with E-state index in [1.165, 1.54) is 24.1 Å². The molecule has 1 N–H and O–H groups in total. The van der Waals surface area contributed by atoms with Crippen LogP contribution in [-0.4, -0.2) is 42.9 Å². The smallest absolute Gasteiger partial charge is 0.416 e. The zero-order valence-electron chi connectivity index (χ0n) is 17.6. The van der Waals surface area contributed by atoms with Crippen molar-refractivity contribution in [3.63, 3.8) is 0 Å². The van der Waals surface area contributed by atoms with Gasteiger partial charge in [0.25, 0.3) is 0 Å². The molecule has 1 fully saturated rings. The van der Waals surface area contributed by atoms with Crippen molar-refractivity contribution in [1.82, 2.24) is 4.98 Å². The van der Waals surface area contributed by atoms with E-state index >= 15 is 0 Å². The number of oxazole rings is 1. The number of hydrogen-bond donors (Lipinski definition) is 1. The van der Waals surface area contributed by atoms with Crippen LogP contribution in [-0.2, 0) is 21.5 Å². The van der Waals surface area contributed by atoms with Gasteiger partial charge in [-0.05, 0) is 30.3 Å². The van der Waals surface area contributed by atoms with Gasteiger partial charge < -0.3 is 19.4 Å². The Bertz CT molecular complexity index is 1080. The third-order valence-electron chi connectivity index (χ3n) is 5.01. The van der Waals surface area contributed by atoms with Crippen LogP contribution in [0.15, 0.2) is 59.2 Å². The first-order chi connectivity index (χ1) is 15.9. The SMILES string of the molecule is O=C(CSCc1coc(-c2ccccc2)n1)Nc1cc(C(F)(F)F)ccc1N1CCOCC1. The van der Waals surface area contributed by atoms with Gasteiger partial charge in [-0.25, -0.2) is 4.98 Å². The predicted octanol–water partition coefficient (Wildman–Crippen LogP) is 5.07. The van der Waals surface area contributed by atoms with Crippen molar-refractivity contribution >= 4 is 29.0 Å². The van der Waals surface area contributed by atoms with E-state index in [-0.39, 0.29) is 17.3 Å². The molecule has 0 spiro atoms. The second-order valence-electron chi connectivity index (χ2n) is 7.38. The van der Waals surface area contributed by atoms with Crippen LogP contribution in [0.5, 0.6) is 0 Å². The summed E-state index contributed by atoms with van der Waals surface area (Å²) < 4.78 is 50.5. The molecule has 4 rings (SSSR count). The quantitative estimate of drug-likeness (QED) is 0.513. The Balaban J connectivity index is 1.38. The summed E-state index contributed by atoms with van der Waals surface area (Å²) in [5, 5.41) is 2.65. The molecular formula is C23H22F3N3O3S. The van der Waals surface area contributed by atoms with E-state index in [9.17, 15) is 18.0 Å². The number of hydrogen-bond acceptors (Lipinski definition) is 6. The van der Waals surface area contributed by atoms with Crippen LogP contribution >= 0.6 is 11.8 Å². The normalized spacial score (nSPS) is 14.3. The number of thioether (sulfide) groups is 1. The number of morpholine rings is 1. The number of alkyl halides is 3. The van der Waals surface area contributed by atoms with E-state index in [2.05, 4.69) is 10.3 Å². The van der Waals surface area contributed by atoms with E-state index in [1.807, 2.05) is 35.2 Å². The lowest BCUT2D eigenvalue weighted by Crippen LogP contribution is -2.37. The average molecular weight is 478 g/mol. The van der Waals surface area contributed by atoms with Gasteiger partial charge in [0.15, 0.2) is 0 Å². The fraction of sp³-hybridized carbons (Fsp3) is 0.304. The molecule has 0 unspecified atom stereocenters. The lowest BCUT2D eigenvalue weighted by atomic mass is 10.1. The van der Waals surface area contributed by atoms with Gasteiger partial charge in [-0.3, -0.25) is 4.79 Å². The van der Waals surface area contributed by atoms with Gasteiger partial charge >= 0.3 is 6.18 Å². The zero-order chi connectivity index (χ0) is 23.3. The highest BCUT2D eigenvalue weighted by molar-refractivity contribution is 7.99. The molecule has 0 bridgehead atoms. The van der Waals surface area contributed by atoms with E-state index < -0.39 is 11.7 Å². The lowest BCUT2D eigenvalue weighted by Gasteiger charge is -2.31. The highest BCUT2D eigenvalue weighted by Crippen LogP contribution is 2.36. The number of halogens is 3. The van der Waals surface area contributed by atoms with Crippen LogP contribution in [0.1, 0.15) is 11.3 Å². The molecule has 0 saturated carbocycles. The van der Waals surface area contributed by atoms with Crippen molar-refractivity contribution in [2.45, 2.75) is 11.9 Å². The van der Waals surface area contributed by atoms with Gasteiger partial charge in [0.05, 0.1) is 41.6 Å². The number of carbonyl (C=O) groups is 1. The molecule has 0 atom stereocenters. The molecule has 10 heteroatoms. The third kappa shape index (κ3) is 6.08. The van der Waals surface area contributed by atoms with Crippen LogP contribution in [0, 0.1) is 0 Å². The molecule has 174 valence electrons. The first-order valence-corrected chi connectivity index (χ1v) is 11.5. The molecule has 0 radical (unpaired) electrons. The Morgan fingerprint density at radius 1 is 1.12 bits per heavy atom. The summed E-state index contributed by atoms with van der Waals surface area (Å²) in [5.41, 5.74) is 1.42. The minimum Gasteiger partial charge on any atom is -0.444 e. The summed E-state index contributed by atoms with van der Waals surface area (Å²) in [6.07, 6.45) is -2.96.